The highest BCUT2D eigenvalue weighted by Gasteiger charge is 2.19. The SMILES string of the molecule is COCCNS(=O)(=O)c1cc(C)c(Cl)cc1N=[N+]=[N-]. The standard InChI is InChI=1S/C10H13ClN4O3S/c1-7-5-10(9(14-15-12)6-8(7)11)19(16,17)13-3-4-18-2/h5-6,13H,3-4H2,1-2H3. The van der Waals surface area contributed by atoms with Crippen molar-refractivity contribution < 1.29 is 13.2 Å². The molecular weight excluding hydrogens is 292 g/mol. The van der Waals surface area contributed by atoms with Gasteiger partial charge in [-0.1, -0.05) is 16.7 Å². The van der Waals surface area contributed by atoms with E-state index in [0.717, 1.165) is 0 Å². The van der Waals surface area contributed by atoms with Gasteiger partial charge in [0, 0.05) is 23.6 Å². The van der Waals surface area contributed by atoms with E-state index in [1.807, 2.05) is 0 Å². The minimum Gasteiger partial charge on any atom is -0.383 e. The molecule has 1 aromatic carbocycles. The van der Waals surface area contributed by atoms with Crippen LogP contribution in [0.2, 0.25) is 5.02 Å². The molecule has 0 saturated heterocycles. The second-order valence-corrected chi connectivity index (χ2v) is 5.79. The van der Waals surface area contributed by atoms with Crippen LogP contribution in [0, 0.1) is 6.92 Å². The lowest BCUT2D eigenvalue weighted by atomic mass is 10.2. The molecule has 0 saturated carbocycles. The second-order valence-electron chi connectivity index (χ2n) is 3.65. The number of azide groups is 1. The van der Waals surface area contributed by atoms with Crippen LogP contribution in [0.5, 0.6) is 0 Å². The Bertz CT molecular complexity index is 611. The molecule has 7 nitrogen and oxygen atoms in total. The number of benzene rings is 1. The summed E-state index contributed by atoms with van der Waals surface area (Å²) in [5.41, 5.74) is 9.00. The maximum atomic E-state index is 12.1. The molecule has 0 aromatic heterocycles. The molecule has 0 unspecified atom stereocenters. The minimum atomic E-state index is -3.78. The summed E-state index contributed by atoms with van der Waals surface area (Å²) in [5, 5.41) is 3.68. The lowest BCUT2D eigenvalue weighted by Gasteiger charge is -2.10. The first kappa shape index (κ1) is 15.7. The van der Waals surface area contributed by atoms with Crippen LogP contribution in [0.25, 0.3) is 10.4 Å². The van der Waals surface area contributed by atoms with Crippen LogP contribution in [-0.2, 0) is 14.8 Å². The van der Waals surface area contributed by atoms with Crippen molar-refractivity contribution in [3.05, 3.63) is 33.2 Å². The van der Waals surface area contributed by atoms with Gasteiger partial charge in [0.05, 0.1) is 17.2 Å². The van der Waals surface area contributed by atoms with Crippen LogP contribution < -0.4 is 4.72 Å². The van der Waals surface area contributed by atoms with Gasteiger partial charge in [0.1, 0.15) is 0 Å². The molecule has 0 spiro atoms. The summed E-state index contributed by atoms with van der Waals surface area (Å²) in [7, 11) is -2.31. The van der Waals surface area contributed by atoms with Crippen LogP contribution >= 0.6 is 11.6 Å². The van der Waals surface area contributed by atoms with Gasteiger partial charge in [-0.3, -0.25) is 0 Å². The minimum absolute atomic E-state index is 0.0389. The van der Waals surface area contributed by atoms with Crippen LogP contribution in [-0.4, -0.2) is 28.7 Å². The number of halogens is 1. The Morgan fingerprint density at radius 1 is 1.53 bits per heavy atom. The zero-order valence-electron chi connectivity index (χ0n) is 10.4. The van der Waals surface area contributed by atoms with Gasteiger partial charge < -0.3 is 4.74 Å². The molecule has 1 N–H and O–H groups in total. The van der Waals surface area contributed by atoms with Gasteiger partial charge in [0.15, 0.2) is 0 Å². The lowest BCUT2D eigenvalue weighted by Crippen LogP contribution is -2.27. The molecule has 104 valence electrons. The van der Waals surface area contributed by atoms with E-state index < -0.39 is 10.0 Å². The summed E-state index contributed by atoms with van der Waals surface area (Å²) in [6.45, 7) is 2.02. The smallest absolute Gasteiger partial charge is 0.241 e. The van der Waals surface area contributed by atoms with Gasteiger partial charge in [-0.25, -0.2) is 13.1 Å². The molecular formula is C10H13ClN4O3S. The maximum absolute atomic E-state index is 12.1. The Balaban J connectivity index is 3.24. The van der Waals surface area contributed by atoms with Crippen molar-refractivity contribution in [2.45, 2.75) is 11.8 Å². The van der Waals surface area contributed by atoms with E-state index in [2.05, 4.69) is 14.7 Å². The third-order valence-electron chi connectivity index (χ3n) is 2.28. The molecule has 0 radical (unpaired) electrons. The van der Waals surface area contributed by atoms with Gasteiger partial charge in [-0.2, -0.15) is 0 Å². The summed E-state index contributed by atoms with van der Waals surface area (Å²) in [5.74, 6) is 0. The summed E-state index contributed by atoms with van der Waals surface area (Å²) in [4.78, 5) is 2.49. The zero-order valence-corrected chi connectivity index (χ0v) is 12.0. The molecule has 1 rings (SSSR count). The van der Waals surface area contributed by atoms with Crippen LogP contribution in [0.15, 0.2) is 22.1 Å². The Hall–Kier alpha value is -1.31. The summed E-state index contributed by atoms with van der Waals surface area (Å²) < 4.78 is 31.3. The summed E-state index contributed by atoms with van der Waals surface area (Å²) >= 11 is 5.88. The van der Waals surface area contributed by atoms with Crippen molar-refractivity contribution in [1.29, 1.82) is 0 Å². The number of sulfonamides is 1. The number of aryl methyl sites for hydroxylation is 1. The van der Waals surface area contributed by atoms with Crippen molar-refractivity contribution in [1.82, 2.24) is 4.72 Å². The number of nitrogens with one attached hydrogen (secondary N) is 1. The quantitative estimate of drug-likeness (QED) is 0.378. The fraction of sp³-hybridized carbons (Fsp3) is 0.400. The average molecular weight is 305 g/mol. The van der Waals surface area contributed by atoms with Gasteiger partial charge in [-0.15, -0.1) is 0 Å². The molecule has 19 heavy (non-hydrogen) atoms. The third-order valence-corrected chi connectivity index (χ3v) is 4.18. The van der Waals surface area contributed by atoms with E-state index in [1.165, 1.54) is 19.2 Å². The molecule has 9 heteroatoms. The number of ether oxygens (including phenoxy) is 1. The largest absolute Gasteiger partial charge is 0.383 e. The van der Waals surface area contributed by atoms with Crippen LogP contribution in [0.3, 0.4) is 0 Å². The monoisotopic (exact) mass is 304 g/mol. The summed E-state index contributed by atoms with van der Waals surface area (Å²) in [6, 6.07) is 2.68. The normalized spacial score (nSPS) is 11.1. The molecule has 0 aliphatic heterocycles. The van der Waals surface area contributed by atoms with E-state index in [1.54, 1.807) is 6.92 Å². The van der Waals surface area contributed by atoms with Crippen LogP contribution in [0.1, 0.15) is 5.56 Å². The van der Waals surface area contributed by atoms with E-state index in [0.29, 0.717) is 10.6 Å². The number of hydrogen-bond acceptors (Lipinski definition) is 4. The Labute approximate surface area is 116 Å². The highest BCUT2D eigenvalue weighted by atomic mass is 35.5. The Kier molecular flexibility index (Phi) is 5.59. The molecule has 0 fully saturated rings. The first-order chi connectivity index (χ1) is 8.92. The first-order valence-corrected chi connectivity index (χ1v) is 7.12. The highest BCUT2D eigenvalue weighted by molar-refractivity contribution is 7.89. The Morgan fingerprint density at radius 3 is 2.79 bits per heavy atom. The molecule has 1 aromatic rings. The number of hydrogen-bond donors (Lipinski definition) is 1. The van der Waals surface area contributed by atoms with Gasteiger partial charge in [-0.05, 0) is 30.2 Å². The van der Waals surface area contributed by atoms with E-state index in [4.69, 9.17) is 21.9 Å². The fourth-order valence-corrected chi connectivity index (χ4v) is 2.71. The van der Waals surface area contributed by atoms with E-state index in [-0.39, 0.29) is 23.7 Å². The first-order valence-electron chi connectivity index (χ1n) is 5.26. The Morgan fingerprint density at radius 2 is 2.21 bits per heavy atom. The summed E-state index contributed by atoms with van der Waals surface area (Å²) in [6.07, 6.45) is 0. The molecule has 0 amide bonds. The zero-order chi connectivity index (χ0) is 14.5. The van der Waals surface area contributed by atoms with Crippen LogP contribution in [0.4, 0.5) is 5.69 Å². The topological polar surface area (TPSA) is 104 Å². The van der Waals surface area contributed by atoms with Crippen molar-refractivity contribution in [2.75, 3.05) is 20.3 Å². The maximum Gasteiger partial charge on any atom is 0.241 e. The van der Waals surface area contributed by atoms with Crippen molar-refractivity contribution in [3.63, 3.8) is 0 Å². The molecule has 0 aliphatic carbocycles. The van der Waals surface area contributed by atoms with Gasteiger partial charge >= 0.3 is 0 Å². The predicted molar refractivity (Wildman–Crippen MR) is 72.1 cm³/mol. The molecule has 0 bridgehead atoms. The average Bonchev–Trinajstić information content (AvgIpc) is 2.34. The number of nitrogens with zero attached hydrogens (tertiary/aromatic N) is 3. The third kappa shape index (κ3) is 4.09. The fourth-order valence-electron chi connectivity index (χ4n) is 1.34. The van der Waals surface area contributed by atoms with E-state index >= 15 is 0 Å². The van der Waals surface area contributed by atoms with E-state index in [9.17, 15) is 8.42 Å². The predicted octanol–water partition coefficient (Wildman–Crippen LogP) is 2.51. The highest BCUT2D eigenvalue weighted by Crippen LogP contribution is 2.30. The van der Waals surface area contributed by atoms with Gasteiger partial charge in [0.25, 0.3) is 0 Å². The lowest BCUT2D eigenvalue weighted by molar-refractivity contribution is 0.204. The van der Waals surface area contributed by atoms with Crippen molar-refractivity contribution >= 4 is 27.3 Å². The molecule has 0 aliphatic rings. The van der Waals surface area contributed by atoms with Gasteiger partial charge in [0.2, 0.25) is 10.0 Å². The number of methoxy groups -OCH3 is 1. The number of rotatable bonds is 6. The van der Waals surface area contributed by atoms with Crippen molar-refractivity contribution in [3.8, 4) is 0 Å². The second kappa shape index (κ2) is 6.74. The molecule has 0 heterocycles. The van der Waals surface area contributed by atoms with Crippen molar-refractivity contribution in [2.24, 2.45) is 5.11 Å². The molecule has 0 atom stereocenters.